The molecule has 1 heterocycles. The largest absolute Gasteiger partial charge is 0.394 e. The number of nitrogens with zero attached hydrogens (tertiary/aromatic N) is 1. The van der Waals surface area contributed by atoms with Crippen LogP contribution in [0.5, 0.6) is 0 Å². The number of hydrogen-bond donors (Lipinski definition) is 1. The molecule has 2 N–H and O–H groups in total. The van der Waals surface area contributed by atoms with Gasteiger partial charge in [-0.3, -0.25) is 4.79 Å². The van der Waals surface area contributed by atoms with E-state index >= 15 is 0 Å². The molecule has 5 heteroatoms. The Hall–Kier alpha value is -1.000. The Labute approximate surface area is 88.1 Å². The van der Waals surface area contributed by atoms with Crippen molar-refractivity contribution >= 4 is 18.1 Å². The summed E-state index contributed by atoms with van der Waals surface area (Å²) in [4.78, 5) is 11.5. The maximum atomic E-state index is 11.5. The lowest BCUT2D eigenvalue weighted by molar-refractivity contribution is 0.169. The quantitative estimate of drug-likeness (QED) is 0.796. The number of anilines is 1. The van der Waals surface area contributed by atoms with Crippen LogP contribution in [0, 0.1) is 0 Å². The second-order valence-corrected chi connectivity index (χ2v) is 3.25. The van der Waals surface area contributed by atoms with Crippen LogP contribution in [0.3, 0.4) is 0 Å². The van der Waals surface area contributed by atoms with Crippen LogP contribution in [-0.4, -0.2) is 17.8 Å². The third-order valence-electron chi connectivity index (χ3n) is 2.36. The van der Waals surface area contributed by atoms with Crippen LogP contribution in [0.4, 0.5) is 5.69 Å². The zero-order valence-corrected chi connectivity index (χ0v) is 8.66. The fraction of sp³-hybridized carbons (Fsp3) is 0.444. The van der Waals surface area contributed by atoms with Crippen LogP contribution in [0.25, 0.3) is 0 Å². The van der Waals surface area contributed by atoms with Crippen LogP contribution in [0.2, 0.25) is 0 Å². The molecular weight excluding hydrogens is 204 g/mol. The second kappa shape index (κ2) is 4.02. The van der Waals surface area contributed by atoms with Crippen LogP contribution in [0.1, 0.15) is 12.5 Å². The number of nitrogens with two attached hydrogens (primary N) is 1. The van der Waals surface area contributed by atoms with Crippen molar-refractivity contribution in [1.29, 1.82) is 0 Å². The van der Waals surface area contributed by atoms with Crippen molar-refractivity contribution in [2.75, 3.05) is 12.8 Å². The number of pyridine rings is 1. The highest BCUT2D eigenvalue weighted by Gasteiger charge is 2.39. The van der Waals surface area contributed by atoms with E-state index in [-0.39, 0.29) is 30.1 Å². The Morgan fingerprint density at radius 1 is 1.64 bits per heavy atom. The number of ether oxygens (including phenoxy) is 1. The Kier molecular flexibility index (Phi) is 3.18. The van der Waals surface area contributed by atoms with E-state index in [0.717, 1.165) is 6.42 Å². The van der Waals surface area contributed by atoms with Crippen molar-refractivity contribution in [1.82, 2.24) is 4.57 Å². The molecule has 0 aliphatic heterocycles. The number of halogens is 1. The van der Waals surface area contributed by atoms with Gasteiger partial charge in [-0.1, -0.05) is 0 Å². The molecule has 0 unspecified atom stereocenters. The summed E-state index contributed by atoms with van der Waals surface area (Å²) in [6, 6.07) is 3.58. The highest BCUT2D eigenvalue weighted by molar-refractivity contribution is 5.85. The van der Waals surface area contributed by atoms with Crippen molar-refractivity contribution in [3.63, 3.8) is 0 Å². The molecule has 1 saturated carbocycles. The summed E-state index contributed by atoms with van der Waals surface area (Å²) < 4.78 is 6.76. The Balaban J connectivity index is 0.000000980. The minimum absolute atomic E-state index is 0. The van der Waals surface area contributed by atoms with E-state index in [1.165, 1.54) is 0 Å². The molecule has 0 radical (unpaired) electrons. The molecule has 0 spiro atoms. The van der Waals surface area contributed by atoms with Gasteiger partial charge < -0.3 is 15.0 Å². The lowest BCUT2D eigenvalue weighted by Crippen LogP contribution is -2.22. The lowest BCUT2D eigenvalue weighted by Gasteiger charge is -2.04. The number of methoxy groups -OCH3 is 1. The van der Waals surface area contributed by atoms with Crippen molar-refractivity contribution in [2.45, 2.75) is 18.6 Å². The van der Waals surface area contributed by atoms with Crippen LogP contribution < -0.4 is 11.3 Å². The van der Waals surface area contributed by atoms with Crippen molar-refractivity contribution in [3.8, 4) is 0 Å². The molecule has 4 nitrogen and oxygen atoms in total. The first kappa shape index (κ1) is 11.1. The molecule has 1 fully saturated rings. The van der Waals surface area contributed by atoms with Gasteiger partial charge in [-0.15, -0.1) is 12.4 Å². The topological polar surface area (TPSA) is 57.2 Å². The third-order valence-corrected chi connectivity index (χ3v) is 2.36. The first-order valence-electron chi connectivity index (χ1n) is 4.23. The van der Waals surface area contributed by atoms with E-state index in [1.54, 1.807) is 30.0 Å². The number of nitrogen functional groups attached to an aromatic ring is 1. The first-order chi connectivity index (χ1) is 6.24. The molecule has 0 saturated heterocycles. The molecule has 14 heavy (non-hydrogen) atoms. The molecule has 78 valence electrons. The lowest BCUT2D eigenvalue weighted by atomic mass is 10.4. The molecule has 0 bridgehead atoms. The summed E-state index contributed by atoms with van der Waals surface area (Å²) in [6.07, 6.45) is 2.84. The number of aromatic nitrogens is 1. The van der Waals surface area contributed by atoms with Gasteiger partial charge in [0.05, 0.1) is 17.8 Å². The first-order valence-corrected chi connectivity index (χ1v) is 4.23. The summed E-state index contributed by atoms with van der Waals surface area (Å²) in [6.45, 7) is 0. The predicted molar refractivity (Wildman–Crippen MR) is 56.8 cm³/mol. The SMILES string of the molecule is CO[C@@H]1C[C@H]1n1cccc(N)c1=O.Cl. The maximum Gasteiger partial charge on any atom is 0.274 e. The van der Waals surface area contributed by atoms with Gasteiger partial charge in [0.25, 0.3) is 5.56 Å². The summed E-state index contributed by atoms with van der Waals surface area (Å²) in [5.41, 5.74) is 5.68. The van der Waals surface area contributed by atoms with Gasteiger partial charge in [0.15, 0.2) is 0 Å². The van der Waals surface area contributed by atoms with Gasteiger partial charge in [-0.2, -0.15) is 0 Å². The predicted octanol–water partition coefficient (Wildman–Crippen LogP) is 0.812. The number of hydrogen-bond acceptors (Lipinski definition) is 3. The molecule has 2 atom stereocenters. The summed E-state index contributed by atoms with van der Waals surface area (Å²) >= 11 is 0. The molecule has 1 aromatic rings. The van der Waals surface area contributed by atoms with Gasteiger partial charge >= 0.3 is 0 Å². The normalized spacial score (nSPS) is 24.1. The van der Waals surface area contributed by atoms with Gasteiger partial charge in [0.1, 0.15) is 0 Å². The smallest absolute Gasteiger partial charge is 0.274 e. The minimum atomic E-state index is -0.118. The average Bonchev–Trinajstić information content (AvgIpc) is 2.89. The minimum Gasteiger partial charge on any atom is -0.394 e. The van der Waals surface area contributed by atoms with E-state index in [0.29, 0.717) is 5.69 Å². The van der Waals surface area contributed by atoms with Crippen LogP contribution in [0.15, 0.2) is 23.1 Å². The van der Waals surface area contributed by atoms with E-state index in [1.807, 2.05) is 0 Å². The van der Waals surface area contributed by atoms with Gasteiger partial charge in [0.2, 0.25) is 0 Å². The summed E-state index contributed by atoms with van der Waals surface area (Å²) in [7, 11) is 1.65. The maximum absolute atomic E-state index is 11.5. The Bertz CT molecular complexity index is 377. The second-order valence-electron chi connectivity index (χ2n) is 3.25. The van der Waals surface area contributed by atoms with Gasteiger partial charge in [-0.25, -0.2) is 0 Å². The highest BCUT2D eigenvalue weighted by atomic mass is 35.5. The van der Waals surface area contributed by atoms with Crippen molar-refractivity contribution in [2.24, 2.45) is 0 Å². The molecule has 0 amide bonds. The van der Waals surface area contributed by atoms with E-state index < -0.39 is 0 Å². The zero-order chi connectivity index (χ0) is 9.42. The standard InChI is InChI=1S/C9H12N2O2.ClH/c1-13-8-5-7(8)11-4-2-3-6(10)9(11)12;/h2-4,7-8H,5,10H2,1H3;1H/t7-,8-;/m1./s1. The zero-order valence-electron chi connectivity index (χ0n) is 7.84. The van der Waals surface area contributed by atoms with Crippen molar-refractivity contribution < 1.29 is 4.74 Å². The van der Waals surface area contributed by atoms with E-state index in [2.05, 4.69) is 0 Å². The molecule has 2 rings (SSSR count). The third kappa shape index (κ3) is 1.76. The van der Waals surface area contributed by atoms with E-state index in [4.69, 9.17) is 10.5 Å². The monoisotopic (exact) mass is 216 g/mol. The Morgan fingerprint density at radius 2 is 2.36 bits per heavy atom. The van der Waals surface area contributed by atoms with Crippen LogP contribution >= 0.6 is 12.4 Å². The highest BCUT2D eigenvalue weighted by Crippen LogP contribution is 2.36. The van der Waals surface area contributed by atoms with E-state index in [9.17, 15) is 4.79 Å². The molecule has 1 aliphatic rings. The Morgan fingerprint density at radius 3 is 2.93 bits per heavy atom. The molecule has 1 aromatic heterocycles. The van der Waals surface area contributed by atoms with Crippen LogP contribution in [-0.2, 0) is 4.74 Å². The molecule has 1 aliphatic carbocycles. The van der Waals surface area contributed by atoms with Crippen molar-refractivity contribution in [3.05, 3.63) is 28.7 Å². The fourth-order valence-corrected chi connectivity index (χ4v) is 1.49. The fourth-order valence-electron chi connectivity index (χ4n) is 1.49. The van der Waals surface area contributed by atoms with Gasteiger partial charge in [0, 0.05) is 13.3 Å². The molecular formula is C9H13ClN2O2. The number of rotatable bonds is 2. The average molecular weight is 217 g/mol. The molecule has 0 aromatic carbocycles. The summed E-state index contributed by atoms with van der Waals surface area (Å²) in [5.74, 6) is 0. The van der Waals surface area contributed by atoms with Gasteiger partial charge in [-0.05, 0) is 18.6 Å². The summed E-state index contributed by atoms with van der Waals surface area (Å²) in [5, 5.41) is 0.